The van der Waals surface area contributed by atoms with Crippen molar-refractivity contribution in [1.29, 1.82) is 0 Å². The topological polar surface area (TPSA) is 99.9 Å². The number of H-pyrrole nitrogens is 2. The molecule has 0 spiro atoms. The molecule has 2 heterocycles. The Morgan fingerprint density at radius 1 is 1.55 bits per heavy atom. The smallest absolute Gasteiger partial charge is 0.340 e. The highest BCUT2D eigenvalue weighted by molar-refractivity contribution is 5.94. The molecule has 7 nitrogen and oxygen atoms in total. The average Bonchev–Trinajstić information content (AvgIpc) is 2.99. The Labute approximate surface area is 114 Å². The van der Waals surface area contributed by atoms with Crippen molar-refractivity contribution in [3.05, 3.63) is 45.6 Å². The first-order valence-electron chi connectivity index (χ1n) is 6.33. The van der Waals surface area contributed by atoms with Gasteiger partial charge >= 0.3 is 5.69 Å². The second-order valence-corrected chi connectivity index (χ2v) is 4.76. The van der Waals surface area contributed by atoms with Gasteiger partial charge in [0.2, 0.25) is 0 Å². The Balaban J connectivity index is 1.69. The highest BCUT2D eigenvalue weighted by atomic mass is 16.5. The van der Waals surface area contributed by atoms with E-state index >= 15 is 0 Å². The fourth-order valence-corrected chi connectivity index (χ4v) is 2.22. The molecular formula is C13H14N4O3. The zero-order chi connectivity index (χ0) is 14.1. The van der Waals surface area contributed by atoms with Crippen LogP contribution in [-0.4, -0.2) is 27.2 Å². The van der Waals surface area contributed by atoms with Crippen molar-refractivity contribution in [3.63, 3.8) is 0 Å². The number of nitrogens with zero attached hydrogens (tertiary/aromatic N) is 1. The lowest BCUT2D eigenvalue weighted by Gasteiger charge is -2.05. The van der Waals surface area contributed by atoms with E-state index in [4.69, 9.17) is 4.74 Å². The van der Waals surface area contributed by atoms with E-state index in [2.05, 4.69) is 20.5 Å². The van der Waals surface area contributed by atoms with Crippen LogP contribution >= 0.6 is 0 Å². The first-order chi connectivity index (χ1) is 9.61. The van der Waals surface area contributed by atoms with E-state index in [1.165, 1.54) is 0 Å². The molecule has 0 bridgehead atoms. The van der Waals surface area contributed by atoms with Crippen LogP contribution in [0.1, 0.15) is 28.7 Å². The van der Waals surface area contributed by atoms with Crippen LogP contribution < -0.4 is 15.7 Å². The summed E-state index contributed by atoms with van der Waals surface area (Å²) in [4.78, 5) is 25.4. The molecule has 3 N–H and O–H groups in total. The SMILES string of the molecule is CC1Cc2cc(C(=O)NCc3n[nH]c(=O)[nH]3)ccc2O1. The largest absolute Gasteiger partial charge is 0.490 e. The molecule has 0 fully saturated rings. The maximum atomic E-state index is 12.0. The number of fused-ring (bicyclic) bond motifs is 1. The van der Waals surface area contributed by atoms with Crippen LogP contribution in [0.3, 0.4) is 0 Å². The van der Waals surface area contributed by atoms with Crippen molar-refractivity contribution in [2.24, 2.45) is 0 Å². The molecule has 104 valence electrons. The minimum atomic E-state index is -0.391. The van der Waals surface area contributed by atoms with Gasteiger partial charge < -0.3 is 10.1 Å². The lowest BCUT2D eigenvalue weighted by molar-refractivity contribution is 0.0950. The number of carbonyl (C=O) groups excluding carboxylic acids is 1. The monoisotopic (exact) mass is 274 g/mol. The van der Waals surface area contributed by atoms with Crippen LogP contribution in [-0.2, 0) is 13.0 Å². The fraction of sp³-hybridized carbons (Fsp3) is 0.308. The highest BCUT2D eigenvalue weighted by Gasteiger charge is 2.20. The standard InChI is InChI=1S/C13H14N4O3/c1-7-4-9-5-8(2-3-10(9)20-7)12(18)14-6-11-15-13(19)17-16-11/h2-3,5,7H,4,6H2,1H3,(H,14,18)(H2,15,16,17,19). The van der Waals surface area contributed by atoms with Crippen molar-refractivity contribution in [3.8, 4) is 5.75 Å². The molecule has 20 heavy (non-hydrogen) atoms. The van der Waals surface area contributed by atoms with Crippen molar-refractivity contribution < 1.29 is 9.53 Å². The second kappa shape index (κ2) is 4.84. The molecule has 3 rings (SSSR count). The van der Waals surface area contributed by atoms with Gasteiger partial charge in [0, 0.05) is 12.0 Å². The number of carbonyl (C=O) groups is 1. The fourth-order valence-electron chi connectivity index (χ4n) is 2.22. The van der Waals surface area contributed by atoms with Gasteiger partial charge in [0.05, 0.1) is 6.54 Å². The van der Waals surface area contributed by atoms with Crippen molar-refractivity contribution >= 4 is 5.91 Å². The number of aromatic amines is 2. The van der Waals surface area contributed by atoms with Crippen molar-refractivity contribution in [2.75, 3.05) is 0 Å². The minimum absolute atomic E-state index is 0.150. The van der Waals surface area contributed by atoms with Gasteiger partial charge in [0.1, 0.15) is 17.7 Å². The van der Waals surface area contributed by atoms with Gasteiger partial charge in [0.15, 0.2) is 0 Å². The summed E-state index contributed by atoms with van der Waals surface area (Å²) in [6.07, 6.45) is 0.959. The first kappa shape index (κ1) is 12.5. The Hall–Kier alpha value is -2.57. The lowest BCUT2D eigenvalue weighted by atomic mass is 10.1. The van der Waals surface area contributed by atoms with E-state index in [-0.39, 0.29) is 18.6 Å². The second-order valence-electron chi connectivity index (χ2n) is 4.76. The lowest BCUT2D eigenvalue weighted by Crippen LogP contribution is -2.23. The summed E-state index contributed by atoms with van der Waals surface area (Å²) < 4.78 is 5.59. The summed E-state index contributed by atoms with van der Waals surface area (Å²) in [5.41, 5.74) is 1.22. The molecule has 2 aromatic rings. The number of amides is 1. The van der Waals surface area contributed by atoms with Crippen molar-refractivity contribution in [2.45, 2.75) is 26.0 Å². The number of rotatable bonds is 3. The zero-order valence-electron chi connectivity index (χ0n) is 10.9. The maximum absolute atomic E-state index is 12.0. The first-order valence-corrected chi connectivity index (χ1v) is 6.33. The molecule has 0 saturated carbocycles. The van der Waals surface area contributed by atoms with Gasteiger partial charge in [-0.1, -0.05) is 0 Å². The molecule has 1 aliphatic rings. The van der Waals surface area contributed by atoms with E-state index in [0.29, 0.717) is 11.4 Å². The van der Waals surface area contributed by atoms with Crippen LogP contribution in [0.4, 0.5) is 0 Å². The molecule has 0 radical (unpaired) electrons. The average molecular weight is 274 g/mol. The third kappa shape index (κ3) is 2.42. The summed E-state index contributed by atoms with van der Waals surface area (Å²) in [5.74, 6) is 1.02. The summed E-state index contributed by atoms with van der Waals surface area (Å²) in [5, 5.41) is 8.66. The molecule has 1 unspecified atom stereocenters. The Morgan fingerprint density at radius 2 is 2.40 bits per heavy atom. The molecule has 1 aromatic heterocycles. The van der Waals surface area contributed by atoms with Crippen molar-refractivity contribution in [1.82, 2.24) is 20.5 Å². The quantitative estimate of drug-likeness (QED) is 0.752. The van der Waals surface area contributed by atoms with Gasteiger partial charge in [-0.05, 0) is 30.7 Å². The van der Waals surface area contributed by atoms with Gasteiger partial charge in [0.25, 0.3) is 5.91 Å². The number of hydrogen-bond donors (Lipinski definition) is 3. The van der Waals surface area contributed by atoms with Gasteiger partial charge in [-0.3, -0.25) is 9.78 Å². The van der Waals surface area contributed by atoms with E-state index in [1.54, 1.807) is 6.07 Å². The minimum Gasteiger partial charge on any atom is -0.490 e. The van der Waals surface area contributed by atoms with Crippen LogP contribution in [0.2, 0.25) is 0 Å². The molecule has 7 heteroatoms. The van der Waals surface area contributed by atoms with Crippen LogP contribution in [0.15, 0.2) is 23.0 Å². The Kier molecular flexibility index (Phi) is 3.02. The van der Waals surface area contributed by atoms with Gasteiger partial charge in [-0.15, -0.1) is 0 Å². The molecular weight excluding hydrogens is 260 g/mol. The Morgan fingerprint density at radius 3 is 3.15 bits per heavy atom. The molecule has 1 aromatic carbocycles. The van der Waals surface area contributed by atoms with E-state index in [1.807, 2.05) is 19.1 Å². The van der Waals surface area contributed by atoms with Gasteiger partial charge in [-0.25, -0.2) is 9.89 Å². The predicted molar refractivity (Wildman–Crippen MR) is 70.6 cm³/mol. The summed E-state index contributed by atoms with van der Waals surface area (Å²) in [6.45, 7) is 2.16. The van der Waals surface area contributed by atoms with Crippen LogP contribution in [0.25, 0.3) is 0 Å². The molecule has 0 saturated heterocycles. The van der Waals surface area contributed by atoms with Gasteiger partial charge in [-0.2, -0.15) is 5.10 Å². The Bertz CT molecular complexity index is 704. The van der Waals surface area contributed by atoms with Crippen LogP contribution in [0, 0.1) is 0 Å². The molecule has 1 atom stereocenters. The zero-order valence-corrected chi connectivity index (χ0v) is 10.9. The summed E-state index contributed by atoms with van der Waals surface area (Å²) in [7, 11) is 0. The number of hydrogen-bond acceptors (Lipinski definition) is 4. The molecule has 0 aliphatic carbocycles. The third-order valence-electron chi connectivity index (χ3n) is 3.12. The molecule has 1 aliphatic heterocycles. The normalized spacial score (nSPS) is 16.6. The van der Waals surface area contributed by atoms with E-state index in [9.17, 15) is 9.59 Å². The van der Waals surface area contributed by atoms with E-state index in [0.717, 1.165) is 17.7 Å². The van der Waals surface area contributed by atoms with E-state index < -0.39 is 5.69 Å². The summed E-state index contributed by atoms with van der Waals surface area (Å²) >= 11 is 0. The summed E-state index contributed by atoms with van der Waals surface area (Å²) in [6, 6.07) is 5.37. The third-order valence-corrected chi connectivity index (χ3v) is 3.12. The number of benzene rings is 1. The predicted octanol–water partition coefficient (Wildman–Crippen LogP) is 0.351. The molecule has 1 amide bonds. The van der Waals surface area contributed by atoms with Crippen LogP contribution in [0.5, 0.6) is 5.75 Å². The number of aromatic nitrogens is 3. The number of ether oxygens (including phenoxy) is 1. The maximum Gasteiger partial charge on any atom is 0.340 e. The number of nitrogens with one attached hydrogen (secondary N) is 3. The highest BCUT2D eigenvalue weighted by Crippen LogP contribution is 2.29.